The van der Waals surface area contributed by atoms with Gasteiger partial charge in [0, 0.05) is 34.8 Å². The summed E-state index contributed by atoms with van der Waals surface area (Å²) in [6.45, 7) is 6.25. The standard InChI is InChI=1S/C37H45N3O8Si/c1-23-34(49(4,5)45)32(20-33(42)39-17-7-10-27(39)22-41)48-37(23)30-19-29(47-3)15-16-31(30)40(36(37)44)21-24-8-6-9-26(18-24)38-35(43)25-11-13-28(46-2)14-12-25/h6,8-9,11-16,18-19,23,27,32,34,41,45H,7,10,17,20-22H2,1-5H3,(H,38,43)/t23-,27-,32+,34-,37+/m0/s1. The minimum Gasteiger partial charge on any atom is -0.497 e. The molecule has 3 heterocycles. The van der Waals surface area contributed by atoms with E-state index in [-0.39, 0.29) is 43.3 Å². The van der Waals surface area contributed by atoms with E-state index >= 15 is 0 Å². The summed E-state index contributed by atoms with van der Waals surface area (Å²) >= 11 is 0. The van der Waals surface area contributed by atoms with Gasteiger partial charge in [0.15, 0.2) is 13.9 Å². The SMILES string of the molecule is COc1ccc(C(=O)Nc2cccc(CN3C(=O)[C@]4(O[C@H](CC(=O)N5CCC[C@H]5CO)[C@@H]([Si](C)(C)O)[C@@H]4C)c4cc(OC)ccc43)c2)cc1. The third-order valence-corrected chi connectivity index (χ3v) is 12.9. The number of benzene rings is 3. The Balaban J connectivity index is 1.31. The normalized spacial score (nSPS) is 24.8. The number of amides is 3. The summed E-state index contributed by atoms with van der Waals surface area (Å²) in [4.78, 5) is 56.5. The molecule has 6 rings (SSSR count). The van der Waals surface area contributed by atoms with Gasteiger partial charge in [-0.15, -0.1) is 0 Å². The van der Waals surface area contributed by atoms with Crippen molar-refractivity contribution in [2.45, 2.75) is 69.1 Å². The van der Waals surface area contributed by atoms with E-state index in [0.29, 0.717) is 40.5 Å². The number of hydrogen-bond donors (Lipinski definition) is 3. The second-order valence-corrected chi connectivity index (χ2v) is 17.8. The van der Waals surface area contributed by atoms with E-state index in [0.717, 1.165) is 18.4 Å². The van der Waals surface area contributed by atoms with Crippen LogP contribution in [-0.2, 0) is 26.5 Å². The average Bonchev–Trinajstić information content (AvgIpc) is 3.75. The van der Waals surface area contributed by atoms with Crippen molar-refractivity contribution in [1.29, 1.82) is 0 Å². The number of nitrogens with zero attached hydrogens (tertiary/aromatic N) is 2. The molecule has 5 atom stereocenters. The molecule has 2 fully saturated rings. The lowest BCUT2D eigenvalue weighted by molar-refractivity contribution is -0.150. The molecule has 3 aromatic carbocycles. The highest BCUT2D eigenvalue weighted by molar-refractivity contribution is 6.71. The summed E-state index contributed by atoms with van der Waals surface area (Å²) in [6.07, 6.45) is 0.866. The van der Waals surface area contributed by atoms with Crippen molar-refractivity contribution in [2.24, 2.45) is 5.92 Å². The summed E-state index contributed by atoms with van der Waals surface area (Å²) in [5.41, 5.74) is 1.27. The van der Waals surface area contributed by atoms with E-state index in [4.69, 9.17) is 14.2 Å². The topological polar surface area (TPSA) is 138 Å². The lowest BCUT2D eigenvalue weighted by Gasteiger charge is -2.33. The minimum absolute atomic E-state index is 0.00671. The van der Waals surface area contributed by atoms with Gasteiger partial charge in [0.1, 0.15) is 11.5 Å². The van der Waals surface area contributed by atoms with Crippen molar-refractivity contribution >= 4 is 37.4 Å². The molecular formula is C37H45N3O8Si. The predicted molar refractivity (Wildman–Crippen MR) is 187 cm³/mol. The Morgan fingerprint density at radius 2 is 1.76 bits per heavy atom. The van der Waals surface area contributed by atoms with Gasteiger partial charge in [0.2, 0.25) is 5.91 Å². The molecule has 2 saturated heterocycles. The number of carbonyl (C=O) groups is 3. The number of aliphatic hydroxyl groups excluding tert-OH is 1. The van der Waals surface area contributed by atoms with Gasteiger partial charge in [0.25, 0.3) is 11.8 Å². The molecule has 12 heteroatoms. The zero-order valence-corrected chi connectivity index (χ0v) is 29.6. The monoisotopic (exact) mass is 687 g/mol. The first kappa shape index (κ1) is 34.6. The van der Waals surface area contributed by atoms with Gasteiger partial charge in [-0.25, -0.2) is 0 Å². The van der Waals surface area contributed by atoms with Gasteiger partial charge in [-0.1, -0.05) is 19.1 Å². The lowest BCUT2D eigenvalue weighted by atomic mass is 9.82. The van der Waals surface area contributed by atoms with E-state index in [9.17, 15) is 24.3 Å². The number of carbonyl (C=O) groups excluding carboxylic acids is 3. The first-order valence-electron chi connectivity index (χ1n) is 16.8. The molecule has 3 aliphatic heterocycles. The molecule has 3 amide bonds. The van der Waals surface area contributed by atoms with Gasteiger partial charge >= 0.3 is 0 Å². The summed E-state index contributed by atoms with van der Waals surface area (Å²) < 4.78 is 17.6. The van der Waals surface area contributed by atoms with E-state index in [2.05, 4.69) is 5.32 Å². The fourth-order valence-corrected chi connectivity index (χ4v) is 10.6. The second-order valence-electron chi connectivity index (χ2n) is 13.8. The van der Waals surface area contributed by atoms with Crippen LogP contribution in [0, 0.1) is 5.92 Å². The highest BCUT2D eigenvalue weighted by atomic mass is 28.4. The summed E-state index contributed by atoms with van der Waals surface area (Å²) in [5.74, 6) is 0.0672. The highest BCUT2D eigenvalue weighted by Gasteiger charge is 2.66. The smallest absolute Gasteiger partial charge is 0.264 e. The Labute approximate surface area is 287 Å². The van der Waals surface area contributed by atoms with E-state index in [1.165, 1.54) is 0 Å². The third-order valence-electron chi connectivity index (χ3n) is 10.4. The second kappa shape index (κ2) is 13.6. The van der Waals surface area contributed by atoms with Crippen molar-refractivity contribution in [3.63, 3.8) is 0 Å². The molecule has 0 bridgehead atoms. The molecule has 3 aromatic rings. The molecule has 3 N–H and O–H groups in total. The molecule has 0 unspecified atom stereocenters. The van der Waals surface area contributed by atoms with Crippen LogP contribution in [0.5, 0.6) is 11.5 Å². The fraction of sp³-hybridized carbons (Fsp3) is 0.432. The quantitative estimate of drug-likeness (QED) is 0.262. The predicted octanol–water partition coefficient (Wildman–Crippen LogP) is 4.67. The van der Waals surface area contributed by atoms with Crippen molar-refractivity contribution in [2.75, 3.05) is 37.6 Å². The Morgan fingerprint density at radius 3 is 2.43 bits per heavy atom. The average molecular weight is 688 g/mol. The van der Waals surface area contributed by atoms with Crippen LogP contribution in [0.1, 0.15) is 47.7 Å². The van der Waals surface area contributed by atoms with Crippen LogP contribution in [0.15, 0.2) is 66.7 Å². The molecule has 0 aliphatic carbocycles. The molecular weight excluding hydrogens is 643 g/mol. The number of hydrogen-bond acceptors (Lipinski definition) is 8. The molecule has 49 heavy (non-hydrogen) atoms. The number of ether oxygens (including phenoxy) is 3. The van der Waals surface area contributed by atoms with Crippen LogP contribution in [0.25, 0.3) is 0 Å². The number of rotatable bonds is 10. The van der Waals surface area contributed by atoms with Gasteiger partial charge in [-0.3, -0.25) is 14.4 Å². The van der Waals surface area contributed by atoms with Gasteiger partial charge < -0.3 is 39.2 Å². The molecule has 260 valence electrons. The third kappa shape index (κ3) is 6.34. The molecule has 11 nitrogen and oxygen atoms in total. The number of fused-ring (bicyclic) bond motifs is 2. The Hall–Kier alpha value is -4.23. The number of methoxy groups -OCH3 is 2. The van der Waals surface area contributed by atoms with E-state index in [1.54, 1.807) is 60.4 Å². The van der Waals surface area contributed by atoms with Crippen molar-refractivity contribution in [3.8, 4) is 11.5 Å². The van der Waals surface area contributed by atoms with Gasteiger partial charge in [0.05, 0.1) is 51.6 Å². The number of anilines is 2. The molecule has 3 aliphatic rings. The van der Waals surface area contributed by atoms with Crippen molar-refractivity contribution in [1.82, 2.24) is 4.90 Å². The highest BCUT2D eigenvalue weighted by Crippen LogP contribution is 2.60. The number of nitrogens with one attached hydrogen (secondary N) is 1. The van der Waals surface area contributed by atoms with Crippen molar-refractivity contribution in [3.05, 3.63) is 83.4 Å². The maximum Gasteiger partial charge on any atom is 0.264 e. The van der Waals surface area contributed by atoms with Gasteiger partial charge in [-0.05, 0) is 86.1 Å². The van der Waals surface area contributed by atoms with Crippen LogP contribution in [0.4, 0.5) is 11.4 Å². The fourth-order valence-electron chi connectivity index (χ4n) is 8.06. The minimum atomic E-state index is -3.00. The van der Waals surface area contributed by atoms with E-state index < -0.39 is 31.5 Å². The Kier molecular flexibility index (Phi) is 9.60. The summed E-state index contributed by atoms with van der Waals surface area (Å²) in [5, 5.41) is 12.8. The first-order valence-corrected chi connectivity index (χ1v) is 19.8. The number of likely N-dealkylation sites (tertiary alicyclic amines) is 1. The van der Waals surface area contributed by atoms with Crippen LogP contribution >= 0.6 is 0 Å². The largest absolute Gasteiger partial charge is 0.497 e. The van der Waals surface area contributed by atoms with Crippen LogP contribution < -0.4 is 19.7 Å². The Bertz CT molecular complexity index is 1730. The number of aliphatic hydroxyl groups is 1. The zero-order chi connectivity index (χ0) is 35.1. The lowest BCUT2D eigenvalue weighted by Crippen LogP contribution is -2.46. The first-order chi connectivity index (χ1) is 23.4. The maximum absolute atomic E-state index is 14.8. The molecule has 0 saturated carbocycles. The summed E-state index contributed by atoms with van der Waals surface area (Å²) in [7, 11) is 0.137. The van der Waals surface area contributed by atoms with E-state index in [1.807, 2.05) is 50.3 Å². The van der Waals surface area contributed by atoms with Crippen LogP contribution in [0.3, 0.4) is 0 Å². The van der Waals surface area contributed by atoms with Crippen molar-refractivity contribution < 1.29 is 38.5 Å². The summed E-state index contributed by atoms with van der Waals surface area (Å²) in [6, 6.07) is 19.4. The molecule has 0 aromatic heterocycles. The zero-order valence-electron chi connectivity index (χ0n) is 28.6. The maximum atomic E-state index is 14.8. The Morgan fingerprint density at radius 1 is 1.04 bits per heavy atom. The van der Waals surface area contributed by atoms with Gasteiger partial charge in [-0.2, -0.15) is 0 Å². The molecule has 1 spiro atoms. The van der Waals surface area contributed by atoms with Crippen LogP contribution in [-0.4, -0.2) is 80.4 Å². The molecule has 0 radical (unpaired) electrons. The van der Waals surface area contributed by atoms with Crippen LogP contribution in [0.2, 0.25) is 18.6 Å².